The first-order valence-corrected chi connectivity index (χ1v) is 9.40. The van der Waals surface area contributed by atoms with Gasteiger partial charge in [-0.2, -0.15) is 19.6 Å². The van der Waals surface area contributed by atoms with Crippen molar-refractivity contribution in [1.29, 1.82) is 0 Å². The van der Waals surface area contributed by atoms with Gasteiger partial charge in [-0.15, -0.1) is 6.42 Å². The summed E-state index contributed by atoms with van der Waals surface area (Å²) in [7, 11) is 0. The molecule has 0 spiro atoms. The predicted molar refractivity (Wildman–Crippen MR) is 108 cm³/mol. The summed E-state index contributed by atoms with van der Waals surface area (Å²) < 4.78 is 7.41. The zero-order chi connectivity index (χ0) is 20.7. The van der Waals surface area contributed by atoms with E-state index >= 15 is 0 Å². The van der Waals surface area contributed by atoms with Crippen molar-refractivity contribution < 1.29 is 14.3 Å². The first-order chi connectivity index (χ1) is 14.6. The van der Waals surface area contributed by atoms with Crippen LogP contribution in [0.4, 0.5) is 5.95 Å². The van der Waals surface area contributed by atoms with Crippen molar-refractivity contribution in [3.63, 3.8) is 0 Å². The molecule has 0 bridgehead atoms. The van der Waals surface area contributed by atoms with Gasteiger partial charge >= 0.3 is 6.01 Å². The summed E-state index contributed by atoms with van der Waals surface area (Å²) in [5.41, 5.74) is 2.07. The highest BCUT2D eigenvalue weighted by atomic mass is 16.5. The molecule has 2 aromatic heterocycles. The van der Waals surface area contributed by atoms with Gasteiger partial charge in [0.25, 0.3) is 5.91 Å². The fourth-order valence-electron chi connectivity index (χ4n) is 3.09. The van der Waals surface area contributed by atoms with E-state index in [-0.39, 0.29) is 18.3 Å². The Morgan fingerprint density at radius 2 is 2.17 bits per heavy atom. The van der Waals surface area contributed by atoms with Crippen molar-refractivity contribution in [2.45, 2.75) is 25.3 Å². The number of carbonyl (C=O) groups is 2. The standard InChI is InChI=1S/C21H16N6O3/c1-2-12-4-3-5-16(8-12)30-21-25-18-14(9-13-10-17(28)24-19(13)29)11-22-27(18)20(26-21)23-15-6-7-15/h1,3-5,8-9,11,15H,6-7,10H2,(H,23,25,26)(H,24,28,29)/b13-9+. The molecule has 3 heterocycles. The Balaban J connectivity index is 1.57. The van der Waals surface area contributed by atoms with E-state index in [0.717, 1.165) is 12.8 Å². The molecule has 1 aromatic carbocycles. The molecule has 3 aromatic rings. The number of rotatable bonds is 5. The van der Waals surface area contributed by atoms with Crippen LogP contribution in [0.2, 0.25) is 0 Å². The molecule has 2 N–H and O–H groups in total. The molecule has 1 aliphatic carbocycles. The van der Waals surface area contributed by atoms with Crippen molar-refractivity contribution >= 4 is 29.5 Å². The lowest BCUT2D eigenvalue weighted by Gasteiger charge is -2.09. The molecule has 9 nitrogen and oxygen atoms in total. The van der Waals surface area contributed by atoms with E-state index in [1.807, 2.05) is 0 Å². The van der Waals surface area contributed by atoms with Crippen LogP contribution in [-0.2, 0) is 9.59 Å². The number of imide groups is 1. The van der Waals surface area contributed by atoms with E-state index in [1.165, 1.54) is 0 Å². The molecular formula is C21H16N6O3. The highest BCUT2D eigenvalue weighted by Gasteiger charge is 2.26. The minimum atomic E-state index is -0.410. The number of nitrogens with zero attached hydrogens (tertiary/aromatic N) is 4. The Morgan fingerprint density at radius 1 is 1.30 bits per heavy atom. The van der Waals surface area contributed by atoms with Gasteiger partial charge in [-0.25, -0.2) is 0 Å². The number of ether oxygens (including phenoxy) is 1. The average Bonchev–Trinajstić information content (AvgIpc) is 3.37. The van der Waals surface area contributed by atoms with Crippen LogP contribution >= 0.6 is 0 Å². The minimum Gasteiger partial charge on any atom is -0.424 e. The largest absolute Gasteiger partial charge is 0.424 e. The Hall–Kier alpha value is -4.19. The van der Waals surface area contributed by atoms with Gasteiger partial charge in [-0.1, -0.05) is 12.0 Å². The molecule has 148 valence electrons. The number of anilines is 1. The van der Waals surface area contributed by atoms with Crippen molar-refractivity contribution in [2.24, 2.45) is 0 Å². The van der Waals surface area contributed by atoms with Crippen LogP contribution in [0.15, 0.2) is 36.0 Å². The lowest BCUT2D eigenvalue weighted by molar-refractivity contribution is -0.124. The fraction of sp³-hybridized carbons (Fsp3) is 0.190. The Labute approximate surface area is 171 Å². The first-order valence-electron chi connectivity index (χ1n) is 9.40. The third-order valence-electron chi connectivity index (χ3n) is 4.72. The number of amides is 2. The molecule has 0 radical (unpaired) electrons. The molecule has 1 saturated carbocycles. The number of aromatic nitrogens is 4. The summed E-state index contributed by atoms with van der Waals surface area (Å²) in [5.74, 6) is 2.82. The second-order valence-electron chi connectivity index (χ2n) is 7.08. The number of nitrogens with one attached hydrogen (secondary N) is 2. The van der Waals surface area contributed by atoms with E-state index in [4.69, 9.17) is 11.2 Å². The van der Waals surface area contributed by atoms with Crippen LogP contribution < -0.4 is 15.4 Å². The maximum absolute atomic E-state index is 11.9. The van der Waals surface area contributed by atoms with Gasteiger partial charge in [0.1, 0.15) is 5.75 Å². The van der Waals surface area contributed by atoms with Crippen LogP contribution in [0.1, 0.15) is 30.4 Å². The summed E-state index contributed by atoms with van der Waals surface area (Å²) in [6.45, 7) is 0. The maximum atomic E-state index is 11.9. The average molecular weight is 400 g/mol. The van der Waals surface area contributed by atoms with Gasteiger partial charge in [0.05, 0.1) is 12.6 Å². The Morgan fingerprint density at radius 3 is 2.90 bits per heavy atom. The number of terminal acetylenes is 1. The SMILES string of the molecule is C#Cc1cccc(Oc2nc(NC3CC3)n3ncc(/C=C4\CC(=O)NC4=O)c3n2)c1. The highest BCUT2D eigenvalue weighted by Crippen LogP contribution is 2.28. The van der Waals surface area contributed by atoms with Crippen molar-refractivity contribution in [3.8, 4) is 24.1 Å². The van der Waals surface area contributed by atoms with Crippen LogP contribution in [0.25, 0.3) is 11.7 Å². The molecule has 9 heteroatoms. The normalized spacial score (nSPS) is 17.2. The van der Waals surface area contributed by atoms with Crippen LogP contribution in [-0.4, -0.2) is 37.4 Å². The molecule has 1 aliphatic heterocycles. The van der Waals surface area contributed by atoms with E-state index in [2.05, 4.69) is 31.6 Å². The van der Waals surface area contributed by atoms with E-state index in [1.54, 1.807) is 41.1 Å². The summed E-state index contributed by atoms with van der Waals surface area (Å²) in [6.07, 6.45) is 10.8. The van der Waals surface area contributed by atoms with Gasteiger partial charge < -0.3 is 10.1 Å². The van der Waals surface area contributed by atoms with Gasteiger partial charge in [-0.05, 0) is 37.1 Å². The number of benzene rings is 1. The number of carbonyl (C=O) groups excluding carboxylic acids is 2. The van der Waals surface area contributed by atoms with Crippen molar-refractivity contribution in [3.05, 3.63) is 47.2 Å². The lowest BCUT2D eigenvalue weighted by atomic mass is 10.1. The lowest BCUT2D eigenvalue weighted by Crippen LogP contribution is -2.19. The molecule has 1 saturated heterocycles. The molecule has 2 fully saturated rings. The van der Waals surface area contributed by atoms with E-state index in [9.17, 15) is 9.59 Å². The molecule has 0 unspecified atom stereocenters. The fourth-order valence-corrected chi connectivity index (χ4v) is 3.09. The van der Waals surface area contributed by atoms with Crippen LogP contribution in [0, 0.1) is 12.3 Å². The molecule has 2 amide bonds. The third kappa shape index (κ3) is 3.46. The van der Waals surface area contributed by atoms with Gasteiger partial charge in [0.2, 0.25) is 11.9 Å². The van der Waals surface area contributed by atoms with Gasteiger partial charge in [0.15, 0.2) is 5.65 Å². The van der Waals surface area contributed by atoms with Gasteiger partial charge in [0, 0.05) is 22.7 Å². The molecule has 5 rings (SSSR count). The molecule has 2 aliphatic rings. The number of hydrogen-bond donors (Lipinski definition) is 2. The second-order valence-corrected chi connectivity index (χ2v) is 7.08. The Kier molecular flexibility index (Phi) is 4.17. The van der Waals surface area contributed by atoms with Gasteiger partial charge in [-0.3, -0.25) is 14.9 Å². The van der Waals surface area contributed by atoms with E-state index < -0.39 is 5.91 Å². The zero-order valence-corrected chi connectivity index (χ0v) is 15.8. The highest BCUT2D eigenvalue weighted by molar-refractivity contribution is 6.15. The number of hydrogen-bond acceptors (Lipinski definition) is 7. The topological polar surface area (TPSA) is 111 Å². The van der Waals surface area contributed by atoms with Crippen molar-refractivity contribution in [1.82, 2.24) is 24.9 Å². The quantitative estimate of drug-likeness (QED) is 0.382. The minimum absolute atomic E-state index is 0.0245. The third-order valence-corrected chi connectivity index (χ3v) is 4.72. The van der Waals surface area contributed by atoms with Crippen molar-refractivity contribution in [2.75, 3.05) is 5.32 Å². The molecule has 30 heavy (non-hydrogen) atoms. The maximum Gasteiger partial charge on any atom is 0.327 e. The van der Waals surface area contributed by atoms with E-state index in [0.29, 0.717) is 40.1 Å². The summed E-state index contributed by atoms with van der Waals surface area (Å²) in [4.78, 5) is 32.3. The monoisotopic (exact) mass is 400 g/mol. The summed E-state index contributed by atoms with van der Waals surface area (Å²) >= 11 is 0. The zero-order valence-electron chi connectivity index (χ0n) is 15.8. The molecule has 0 atom stereocenters. The summed E-state index contributed by atoms with van der Waals surface area (Å²) in [6, 6.07) is 7.51. The second kappa shape index (κ2) is 7.00. The smallest absolute Gasteiger partial charge is 0.327 e. The molecular weight excluding hydrogens is 384 g/mol. The summed E-state index contributed by atoms with van der Waals surface area (Å²) in [5, 5.41) is 9.93. The first kappa shape index (κ1) is 17.9. The van der Waals surface area contributed by atoms with Crippen LogP contribution in [0.3, 0.4) is 0 Å². The predicted octanol–water partition coefficient (Wildman–Crippen LogP) is 1.90. The Bertz CT molecular complexity index is 1270. The number of fused-ring (bicyclic) bond motifs is 1. The van der Waals surface area contributed by atoms with Crippen LogP contribution in [0.5, 0.6) is 11.8 Å².